The summed E-state index contributed by atoms with van der Waals surface area (Å²) in [5, 5.41) is 0. The van der Waals surface area contributed by atoms with Crippen LogP contribution in [0.15, 0.2) is 30.5 Å². The van der Waals surface area contributed by atoms with Gasteiger partial charge in [0.05, 0.1) is 0 Å². The fraction of sp³-hybridized carbons (Fsp3) is 0.737. The van der Waals surface area contributed by atoms with Gasteiger partial charge in [-0.1, -0.05) is 60.3 Å². The van der Waals surface area contributed by atoms with Gasteiger partial charge < -0.3 is 5.73 Å². The van der Waals surface area contributed by atoms with Gasteiger partial charge >= 0.3 is 0 Å². The molecule has 0 aliphatic rings. The number of allylic oxidation sites excluding steroid dienone is 3. The molecule has 0 spiro atoms. The van der Waals surface area contributed by atoms with Crippen LogP contribution in [0.25, 0.3) is 0 Å². The van der Waals surface area contributed by atoms with Gasteiger partial charge in [0, 0.05) is 5.54 Å². The largest absolute Gasteiger partial charge is 0.326 e. The van der Waals surface area contributed by atoms with Crippen LogP contribution in [0, 0.1) is 16.2 Å². The van der Waals surface area contributed by atoms with E-state index in [4.69, 9.17) is 5.73 Å². The highest BCUT2D eigenvalue weighted by atomic mass is 14.7. The molecule has 0 aliphatic carbocycles. The minimum Gasteiger partial charge on any atom is -0.326 e. The Hall–Kier alpha value is -0.780. The van der Waals surface area contributed by atoms with Crippen molar-refractivity contribution in [1.82, 2.24) is 0 Å². The topological polar surface area (TPSA) is 26.0 Å². The van der Waals surface area contributed by atoms with Crippen LogP contribution in [0.3, 0.4) is 0 Å². The first kappa shape index (κ1) is 19.2. The molecule has 0 saturated carbocycles. The second-order valence-electron chi connectivity index (χ2n) is 8.99. The van der Waals surface area contributed by atoms with Gasteiger partial charge in [-0.2, -0.15) is 0 Å². The smallest absolute Gasteiger partial charge is 0.0105 e. The van der Waals surface area contributed by atoms with Crippen molar-refractivity contribution >= 4 is 0 Å². The highest BCUT2D eigenvalue weighted by Gasteiger charge is 2.27. The van der Waals surface area contributed by atoms with Crippen molar-refractivity contribution < 1.29 is 0 Å². The molecule has 0 aliphatic heterocycles. The van der Waals surface area contributed by atoms with Gasteiger partial charge in [-0.15, -0.1) is 5.73 Å². The van der Waals surface area contributed by atoms with Crippen LogP contribution in [-0.2, 0) is 0 Å². The maximum absolute atomic E-state index is 6.15. The number of nitrogens with two attached hydrogens (primary N) is 1. The van der Waals surface area contributed by atoms with E-state index in [0.29, 0.717) is 0 Å². The summed E-state index contributed by atoms with van der Waals surface area (Å²) in [6.07, 6.45) is 8.78. The van der Waals surface area contributed by atoms with Gasteiger partial charge in [0.1, 0.15) is 0 Å². The monoisotopic (exact) mass is 277 g/mol. The lowest BCUT2D eigenvalue weighted by molar-refractivity contribution is 0.285. The Morgan fingerprint density at radius 3 is 1.55 bits per heavy atom. The molecule has 0 fully saturated rings. The average molecular weight is 277 g/mol. The van der Waals surface area contributed by atoms with E-state index in [0.717, 1.165) is 12.8 Å². The molecule has 0 unspecified atom stereocenters. The Morgan fingerprint density at radius 1 is 0.800 bits per heavy atom. The van der Waals surface area contributed by atoms with E-state index in [-0.39, 0.29) is 21.8 Å². The number of rotatable bonds is 7. The molecule has 0 aromatic rings. The quantitative estimate of drug-likeness (QED) is 0.484. The van der Waals surface area contributed by atoms with E-state index < -0.39 is 0 Å². The van der Waals surface area contributed by atoms with E-state index >= 15 is 0 Å². The molecule has 20 heavy (non-hydrogen) atoms. The zero-order valence-corrected chi connectivity index (χ0v) is 14.9. The lowest BCUT2D eigenvalue weighted by atomic mass is 9.73. The van der Waals surface area contributed by atoms with Gasteiger partial charge in [0.15, 0.2) is 0 Å². The third-order valence-electron chi connectivity index (χ3n) is 3.30. The highest BCUT2D eigenvalue weighted by Crippen LogP contribution is 2.37. The van der Waals surface area contributed by atoms with Crippen molar-refractivity contribution in [1.29, 1.82) is 0 Å². The van der Waals surface area contributed by atoms with Gasteiger partial charge in [0.25, 0.3) is 0 Å². The summed E-state index contributed by atoms with van der Waals surface area (Å²) in [5.74, 6) is 0. The summed E-state index contributed by atoms with van der Waals surface area (Å²) < 4.78 is 0. The van der Waals surface area contributed by atoms with E-state index in [1.807, 2.05) is 0 Å². The van der Waals surface area contributed by atoms with Crippen LogP contribution in [0.5, 0.6) is 0 Å². The first-order chi connectivity index (χ1) is 8.68. The molecular formula is C19H35N. The van der Waals surface area contributed by atoms with Gasteiger partial charge in [-0.3, -0.25) is 0 Å². The zero-order chi connectivity index (χ0) is 16.2. The average Bonchev–Trinajstić information content (AvgIpc) is 2.09. The van der Waals surface area contributed by atoms with Crippen molar-refractivity contribution in [2.24, 2.45) is 22.0 Å². The summed E-state index contributed by atoms with van der Waals surface area (Å²) in [6.45, 7) is 21.4. The molecule has 2 N–H and O–H groups in total. The molecule has 1 nitrogen and oxygen atoms in total. The molecule has 0 aromatic carbocycles. The third kappa shape index (κ3) is 9.18. The predicted octanol–water partition coefficient (Wildman–Crippen LogP) is 5.48. The first-order valence-electron chi connectivity index (χ1n) is 7.54. The summed E-state index contributed by atoms with van der Waals surface area (Å²) in [6, 6.07) is 0. The maximum Gasteiger partial charge on any atom is 0.0105 e. The van der Waals surface area contributed by atoms with Crippen LogP contribution in [0.4, 0.5) is 0 Å². The normalized spacial score (nSPS) is 14.4. The van der Waals surface area contributed by atoms with Crippen LogP contribution in [0.2, 0.25) is 0 Å². The fourth-order valence-electron chi connectivity index (χ4n) is 3.24. The molecule has 0 saturated heterocycles. The number of hydrogen-bond acceptors (Lipinski definition) is 1. The van der Waals surface area contributed by atoms with Crippen molar-refractivity contribution in [3.63, 3.8) is 0 Å². The van der Waals surface area contributed by atoms with Crippen molar-refractivity contribution in [3.8, 4) is 0 Å². The van der Waals surface area contributed by atoms with E-state index in [1.54, 1.807) is 0 Å². The second-order valence-corrected chi connectivity index (χ2v) is 8.99. The van der Waals surface area contributed by atoms with Crippen LogP contribution >= 0.6 is 0 Å². The Labute approximate surface area is 127 Å². The van der Waals surface area contributed by atoms with Crippen LogP contribution in [-0.4, -0.2) is 5.54 Å². The lowest BCUT2D eigenvalue weighted by Gasteiger charge is -2.33. The summed E-state index contributed by atoms with van der Waals surface area (Å²) in [5.41, 5.74) is 9.31. The van der Waals surface area contributed by atoms with E-state index in [2.05, 4.69) is 85.9 Å². The standard InChI is InChI=1S/C19H35N/c1-10-11-16(2,3)14-17(4,5)12-13-18(6,7)15-19(8,9)20/h11-13H,1,14-15,20H2,2-9H3/b13-12-. The SMILES string of the molecule is C=C=CC(C)(C)CC(C)(C)/C=C\C(C)(C)CC(C)(C)N. The molecular weight excluding hydrogens is 242 g/mol. The van der Waals surface area contributed by atoms with Crippen molar-refractivity contribution in [2.75, 3.05) is 0 Å². The molecule has 116 valence electrons. The minimum atomic E-state index is -0.136. The first-order valence-corrected chi connectivity index (χ1v) is 7.54. The summed E-state index contributed by atoms with van der Waals surface area (Å²) in [4.78, 5) is 0. The molecule has 0 bridgehead atoms. The van der Waals surface area contributed by atoms with Crippen LogP contribution < -0.4 is 5.73 Å². The van der Waals surface area contributed by atoms with Gasteiger partial charge in [-0.05, 0) is 49.0 Å². The molecule has 0 radical (unpaired) electrons. The molecule has 0 aromatic heterocycles. The molecule has 0 amide bonds. The molecule has 0 atom stereocenters. The number of hydrogen-bond donors (Lipinski definition) is 1. The Balaban J connectivity index is 4.91. The fourth-order valence-corrected chi connectivity index (χ4v) is 3.24. The second kappa shape index (κ2) is 6.33. The summed E-state index contributed by atoms with van der Waals surface area (Å²) >= 11 is 0. The Kier molecular flexibility index (Phi) is 6.08. The lowest BCUT2D eigenvalue weighted by Crippen LogP contribution is -2.36. The Bertz CT molecular complexity index is 382. The van der Waals surface area contributed by atoms with E-state index in [1.165, 1.54) is 0 Å². The zero-order valence-electron chi connectivity index (χ0n) is 14.9. The summed E-state index contributed by atoms with van der Waals surface area (Å²) in [7, 11) is 0. The molecule has 0 rings (SSSR count). The highest BCUT2D eigenvalue weighted by molar-refractivity contribution is 5.06. The molecule has 0 heterocycles. The maximum atomic E-state index is 6.15. The van der Waals surface area contributed by atoms with Crippen LogP contribution in [0.1, 0.15) is 68.2 Å². The van der Waals surface area contributed by atoms with Crippen molar-refractivity contribution in [3.05, 3.63) is 30.5 Å². The van der Waals surface area contributed by atoms with Gasteiger partial charge in [-0.25, -0.2) is 0 Å². The third-order valence-corrected chi connectivity index (χ3v) is 3.30. The molecule has 1 heteroatoms. The Morgan fingerprint density at radius 2 is 1.20 bits per heavy atom. The minimum absolute atomic E-state index is 0.118. The predicted molar refractivity (Wildman–Crippen MR) is 91.7 cm³/mol. The van der Waals surface area contributed by atoms with E-state index in [9.17, 15) is 0 Å². The van der Waals surface area contributed by atoms with Crippen molar-refractivity contribution in [2.45, 2.75) is 73.8 Å². The van der Waals surface area contributed by atoms with Gasteiger partial charge in [0.2, 0.25) is 0 Å².